The van der Waals surface area contributed by atoms with Crippen molar-refractivity contribution >= 4 is 0 Å². The number of hydrogen-bond acceptors (Lipinski definition) is 3. The quantitative estimate of drug-likeness (QED) is 0.696. The van der Waals surface area contributed by atoms with Gasteiger partial charge in [0.2, 0.25) is 0 Å². The van der Waals surface area contributed by atoms with Gasteiger partial charge in [-0.2, -0.15) is 4.98 Å². The maximum atomic E-state index is 13.4. The van der Waals surface area contributed by atoms with Gasteiger partial charge in [0.05, 0.1) is 5.56 Å². The fourth-order valence-electron chi connectivity index (χ4n) is 1.20. The first kappa shape index (κ1) is 8.87. The molecule has 0 saturated heterocycles. The van der Waals surface area contributed by atoms with Gasteiger partial charge in [-0.15, -0.1) is 0 Å². The second-order valence-electron chi connectivity index (χ2n) is 3.13. The Balaban J connectivity index is 2.52. The maximum Gasteiger partial charge on any atom is 0.260 e. The summed E-state index contributed by atoms with van der Waals surface area (Å²) in [5.74, 6) is 0.383. The van der Waals surface area contributed by atoms with Crippen LogP contribution in [0, 0.1) is 19.7 Å². The number of benzene rings is 1. The first-order valence-electron chi connectivity index (χ1n) is 4.23. The van der Waals surface area contributed by atoms with E-state index in [0.717, 1.165) is 5.56 Å². The molecular weight excluding hydrogens is 183 g/mol. The molecule has 2 aromatic rings. The van der Waals surface area contributed by atoms with Crippen molar-refractivity contribution in [1.82, 2.24) is 10.1 Å². The average molecular weight is 192 g/mol. The first-order chi connectivity index (χ1) is 6.66. The van der Waals surface area contributed by atoms with E-state index in [1.54, 1.807) is 19.1 Å². The number of rotatable bonds is 1. The van der Waals surface area contributed by atoms with Crippen LogP contribution < -0.4 is 0 Å². The highest BCUT2D eigenvalue weighted by atomic mass is 19.1. The highest BCUT2D eigenvalue weighted by molar-refractivity contribution is 5.54. The molecule has 2 rings (SSSR count). The normalized spacial score (nSPS) is 10.5. The maximum absolute atomic E-state index is 13.4. The van der Waals surface area contributed by atoms with E-state index in [0.29, 0.717) is 11.4 Å². The molecule has 0 radical (unpaired) electrons. The van der Waals surface area contributed by atoms with Gasteiger partial charge in [-0.3, -0.25) is 0 Å². The summed E-state index contributed by atoms with van der Waals surface area (Å²) < 4.78 is 18.3. The molecule has 0 atom stereocenters. The van der Waals surface area contributed by atoms with Crippen LogP contribution in [0.5, 0.6) is 0 Å². The van der Waals surface area contributed by atoms with Gasteiger partial charge in [-0.25, -0.2) is 4.39 Å². The van der Waals surface area contributed by atoms with E-state index in [1.807, 2.05) is 6.92 Å². The van der Waals surface area contributed by atoms with Crippen molar-refractivity contribution in [3.05, 3.63) is 35.4 Å². The third-order valence-electron chi connectivity index (χ3n) is 1.88. The summed E-state index contributed by atoms with van der Waals surface area (Å²) in [5.41, 5.74) is 1.21. The summed E-state index contributed by atoms with van der Waals surface area (Å²) in [6.45, 7) is 3.52. The fourth-order valence-corrected chi connectivity index (χ4v) is 1.20. The Hall–Kier alpha value is -1.71. The SMILES string of the molecule is Cc1ccc(-c2nc(C)no2)c(F)c1. The molecule has 1 heterocycles. The first-order valence-corrected chi connectivity index (χ1v) is 4.23. The second-order valence-corrected chi connectivity index (χ2v) is 3.13. The zero-order valence-electron chi connectivity index (χ0n) is 7.91. The van der Waals surface area contributed by atoms with Gasteiger partial charge < -0.3 is 4.52 Å². The zero-order chi connectivity index (χ0) is 10.1. The molecule has 0 bridgehead atoms. The van der Waals surface area contributed by atoms with Crippen LogP contribution in [-0.4, -0.2) is 10.1 Å². The number of nitrogens with zero attached hydrogens (tertiary/aromatic N) is 2. The van der Waals surface area contributed by atoms with Crippen LogP contribution in [-0.2, 0) is 0 Å². The monoisotopic (exact) mass is 192 g/mol. The van der Waals surface area contributed by atoms with Crippen molar-refractivity contribution in [3.63, 3.8) is 0 Å². The molecule has 0 aliphatic carbocycles. The van der Waals surface area contributed by atoms with Crippen LogP contribution >= 0.6 is 0 Å². The fraction of sp³-hybridized carbons (Fsp3) is 0.200. The van der Waals surface area contributed by atoms with Gasteiger partial charge >= 0.3 is 0 Å². The topological polar surface area (TPSA) is 38.9 Å². The standard InChI is InChI=1S/C10H9FN2O/c1-6-3-4-8(9(11)5-6)10-12-7(2)13-14-10/h3-5H,1-2H3. The molecule has 72 valence electrons. The largest absolute Gasteiger partial charge is 0.334 e. The zero-order valence-corrected chi connectivity index (χ0v) is 7.91. The second kappa shape index (κ2) is 3.21. The van der Waals surface area contributed by atoms with Crippen LogP contribution in [0.3, 0.4) is 0 Å². The van der Waals surface area contributed by atoms with Crippen molar-refractivity contribution in [2.24, 2.45) is 0 Å². The van der Waals surface area contributed by atoms with Gasteiger partial charge in [-0.05, 0) is 31.5 Å². The molecule has 0 aliphatic heterocycles. The molecule has 0 unspecified atom stereocenters. The van der Waals surface area contributed by atoms with Gasteiger partial charge in [0.15, 0.2) is 5.82 Å². The van der Waals surface area contributed by atoms with Crippen molar-refractivity contribution in [2.45, 2.75) is 13.8 Å². The number of hydrogen-bond donors (Lipinski definition) is 0. The Labute approximate surface area is 80.6 Å². The molecule has 4 heteroatoms. The van der Waals surface area contributed by atoms with Gasteiger partial charge in [0.25, 0.3) is 5.89 Å². The number of aryl methyl sites for hydroxylation is 2. The average Bonchev–Trinajstić information content (AvgIpc) is 2.51. The summed E-state index contributed by atoms with van der Waals surface area (Å²) >= 11 is 0. The van der Waals surface area contributed by atoms with Crippen LogP contribution in [0.1, 0.15) is 11.4 Å². The lowest BCUT2D eigenvalue weighted by molar-refractivity contribution is 0.423. The third-order valence-corrected chi connectivity index (χ3v) is 1.88. The summed E-state index contributed by atoms with van der Waals surface area (Å²) in [5, 5.41) is 3.60. The van der Waals surface area contributed by atoms with E-state index < -0.39 is 0 Å². The minimum Gasteiger partial charge on any atom is -0.334 e. The van der Waals surface area contributed by atoms with Crippen LogP contribution in [0.25, 0.3) is 11.5 Å². The lowest BCUT2D eigenvalue weighted by Gasteiger charge is -1.97. The minimum atomic E-state index is -0.339. The number of halogens is 1. The highest BCUT2D eigenvalue weighted by Gasteiger charge is 2.11. The van der Waals surface area contributed by atoms with E-state index in [1.165, 1.54) is 6.07 Å². The summed E-state index contributed by atoms with van der Waals surface area (Å²) in [4.78, 5) is 3.95. The van der Waals surface area contributed by atoms with E-state index in [4.69, 9.17) is 4.52 Å². The predicted molar refractivity (Wildman–Crippen MR) is 49.2 cm³/mol. The Morgan fingerprint density at radius 2 is 2.07 bits per heavy atom. The molecule has 3 nitrogen and oxygen atoms in total. The van der Waals surface area contributed by atoms with Crippen molar-refractivity contribution < 1.29 is 8.91 Å². The Kier molecular flexibility index (Phi) is 2.04. The van der Waals surface area contributed by atoms with E-state index >= 15 is 0 Å². The molecule has 1 aromatic carbocycles. The lowest BCUT2D eigenvalue weighted by atomic mass is 10.1. The van der Waals surface area contributed by atoms with Crippen LogP contribution in [0.15, 0.2) is 22.7 Å². The molecule has 0 spiro atoms. The Morgan fingerprint density at radius 1 is 1.29 bits per heavy atom. The van der Waals surface area contributed by atoms with Crippen molar-refractivity contribution in [3.8, 4) is 11.5 Å². The predicted octanol–water partition coefficient (Wildman–Crippen LogP) is 2.49. The summed E-state index contributed by atoms with van der Waals surface area (Å²) in [6.07, 6.45) is 0. The van der Waals surface area contributed by atoms with Crippen molar-refractivity contribution in [2.75, 3.05) is 0 Å². The molecular formula is C10H9FN2O. The van der Waals surface area contributed by atoms with E-state index in [-0.39, 0.29) is 11.7 Å². The van der Waals surface area contributed by atoms with Gasteiger partial charge in [0, 0.05) is 0 Å². The van der Waals surface area contributed by atoms with E-state index in [2.05, 4.69) is 10.1 Å². The van der Waals surface area contributed by atoms with Gasteiger partial charge in [-0.1, -0.05) is 11.2 Å². The van der Waals surface area contributed by atoms with Crippen molar-refractivity contribution in [1.29, 1.82) is 0 Å². The molecule has 14 heavy (non-hydrogen) atoms. The Morgan fingerprint density at radius 3 is 2.64 bits per heavy atom. The molecule has 0 aliphatic rings. The van der Waals surface area contributed by atoms with E-state index in [9.17, 15) is 4.39 Å². The molecule has 0 saturated carbocycles. The third kappa shape index (κ3) is 1.51. The van der Waals surface area contributed by atoms with Crippen LogP contribution in [0.2, 0.25) is 0 Å². The molecule has 0 N–H and O–H groups in total. The van der Waals surface area contributed by atoms with Crippen LogP contribution in [0.4, 0.5) is 4.39 Å². The highest BCUT2D eigenvalue weighted by Crippen LogP contribution is 2.21. The molecule has 1 aromatic heterocycles. The summed E-state index contributed by atoms with van der Waals surface area (Å²) in [7, 11) is 0. The molecule has 0 fully saturated rings. The smallest absolute Gasteiger partial charge is 0.260 e. The van der Waals surface area contributed by atoms with Gasteiger partial charge in [0.1, 0.15) is 5.82 Å². The minimum absolute atomic E-state index is 0.222. The molecule has 0 amide bonds. The lowest BCUT2D eigenvalue weighted by Crippen LogP contribution is -1.85. The Bertz CT molecular complexity index is 465. The summed E-state index contributed by atoms with van der Waals surface area (Å²) in [6, 6.07) is 4.88. The number of aromatic nitrogens is 2.